The first-order valence-corrected chi connectivity index (χ1v) is 17.6. The number of hydrogen-bond donors (Lipinski definition) is 5. The van der Waals surface area contributed by atoms with E-state index in [4.69, 9.17) is 4.74 Å². The molecule has 4 amide bonds. The van der Waals surface area contributed by atoms with Crippen LogP contribution < -0.4 is 26.0 Å². The highest BCUT2D eigenvalue weighted by molar-refractivity contribution is 7.09. The number of carbonyl (C=O) groups is 5. The Hall–Kier alpha value is -5.70. The van der Waals surface area contributed by atoms with Crippen molar-refractivity contribution in [3.8, 4) is 5.75 Å². The zero-order chi connectivity index (χ0) is 38.0. The van der Waals surface area contributed by atoms with Crippen molar-refractivity contribution in [3.05, 3.63) is 124 Å². The standard InChI is InChI=1S/C38H37F3N4O7S/c39-38(40,41)26-13-8-24(9-14-26)19-30-35(48)43-29(17-12-23-5-2-1-3-6-23)34(47)45-32(37(50)51)20-25-10-15-27(16-11-25)52-22-33(46)42-31(36(49)44-30)21-28-7-4-18-53-28/h1-11,13-16,18,29-32H,12,17,19-22H2,(H,42,46)(H,43,48)(H,44,49)(H,45,47)(H,50,51)/t29-,30+,31?,32+/m1/s1. The number of rotatable bonds is 8. The molecule has 53 heavy (non-hydrogen) atoms. The largest absolute Gasteiger partial charge is 0.484 e. The Kier molecular flexibility index (Phi) is 12.9. The molecule has 4 aromatic rings. The fourth-order valence-corrected chi connectivity index (χ4v) is 6.45. The highest BCUT2D eigenvalue weighted by Crippen LogP contribution is 2.29. The van der Waals surface area contributed by atoms with Gasteiger partial charge >= 0.3 is 12.1 Å². The number of halogens is 3. The van der Waals surface area contributed by atoms with Crippen LogP contribution in [0.2, 0.25) is 0 Å². The number of hydrogen-bond acceptors (Lipinski definition) is 7. The molecule has 1 aromatic heterocycles. The molecule has 2 aliphatic rings. The summed E-state index contributed by atoms with van der Waals surface area (Å²) >= 11 is 1.34. The number of nitrogens with one attached hydrogen (secondary N) is 4. The zero-order valence-corrected chi connectivity index (χ0v) is 29.0. The van der Waals surface area contributed by atoms with Crippen molar-refractivity contribution in [2.45, 2.75) is 62.4 Å². The maximum Gasteiger partial charge on any atom is 0.416 e. The summed E-state index contributed by atoms with van der Waals surface area (Å²) in [4.78, 5) is 67.8. The fourth-order valence-electron chi connectivity index (χ4n) is 5.70. The van der Waals surface area contributed by atoms with Gasteiger partial charge in [0.25, 0.3) is 5.91 Å². The van der Waals surface area contributed by atoms with E-state index in [0.717, 1.165) is 22.6 Å². The lowest BCUT2D eigenvalue weighted by Gasteiger charge is -2.26. The van der Waals surface area contributed by atoms with Crippen LogP contribution >= 0.6 is 11.3 Å². The van der Waals surface area contributed by atoms with Crippen molar-refractivity contribution >= 4 is 40.9 Å². The fraction of sp³-hybridized carbons (Fsp3) is 0.289. The summed E-state index contributed by atoms with van der Waals surface area (Å²) in [5, 5.41) is 22.3. The average Bonchev–Trinajstić information content (AvgIpc) is 3.65. The van der Waals surface area contributed by atoms with Crippen molar-refractivity contribution < 1.29 is 47.0 Å². The molecular weight excluding hydrogens is 714 g/mol. The smallest absolute Gasteiger partial charge is 0.416 e. The van der Waals surface area contributed by atoms with Gasteiger partial charge in [-0.3, -0.25) is 19.2 Å². The Morgan fingerprint density at radius 3 is 2.00 bits per heavy atom. The van der Waals surface area contributed by atoms with Gasteiger partial charge in [-0.05, 0) is 65.2 Å². The Morgan fingerprint density at radius 1 is 0.736 bits per heavy atom. The molecule has 0 saturated heterocycles. The molecule has 0 radical (unpaired) electrons. The normalized spacial score (nSPS) is 20.4. The van der Waals surface area contributed by atoms with Crippen molar-refractivity contribution in [2.24, 2.45) is 0 Å². The first kappa shape index (κ1) is 38.5. The minimum atomic E-state index is -4.60. The molecule has 0 saturated carbocycles. The van der Waals surface area contributed by atoms with Crippen LogP contribution in [0.1, 0.15) is 33.6 Å². The summed E-state index contributed by atoms with van der Waals surface area (Å²) < 4.78 is 45.5. The van der Waals surface area contributed by atoms with Gasteiger partial charge in [-0.2, -0.15) is 13.2 Å². The number of aliphatic carboxylic acids is 1. The first-order valence-electron chi connectivity index (χ1n) is 16.7. The topological polar surface area (TPSA) is 163 Å². The van der Waals surface area contributed by atoms with Gasteiger partial charge in [0.15, 0.2) is 6.61 Å². The molecule has 15 heteroatoms. The number of carboxylic acid groups (broad SMARTS) is 1. The molecule has 0 fully saturated rings. The van der Waals surface area contributed by atoms with Crippen molar-refractivity contribution in [2.75, 3.05) is 6.61 Å². The number of fused-ring (bicyclic) bond motifs is 16. The van der Waals surface area contributed by atoms with Crippen LogP contribution in [0.5, 0.6) is 5.75 Å². The number of alkyl halides is 3. The molecule has 6 rings (SSSR count). The van der Waals surface area contributed by atoms with Gasteiger partial charge in [-0.25, -0.2) is 4.79 Å². The summed E-state index contributed by atoms with van der Waals surface area (Å²) in [6.07, 6.45) is -4.59. The van der Waals surface area contributed by atoms with Crippen LogP contribution in [0.15, 0.2) is 96.4 Å². The van der Waals surface area contributed by atoms with E-state index in [0.29, 0.717) is 17.7 Å². The molecule has 278 valence electrons. The van der Waals surface area contributed by atoms with Crippen LogP contribution in [0.25, 0.3) is 0 Å². The van der Waals surface area contributed by atoms with Crippen LogP contribution in [-0.4, -0.2) is 65.5 Å². The van der Waals surface area contributed by atoms with E-state index in [1.807, 2.05) is 18.2 Å². The minimum Gasteiger partial charge on any atom is -0.484 e. The van der Waals surface area contributed by atoms with Crippen LogP contribution in [0, 0.1) is 0 Å². The van der Waals surface area contributed by atoms with Crippen LogP contribution in [-0.2, 0) is 55.8 Å². The maximum atomic E-state index is 14.1. The first-order chi connectivity index (χ1) is 25.3. The van der Waals surface area contributed by atoms with Crippen LogP contribution in [0.4, 0.5) is 13.2 Å². The number of benzene rings is 3. The van der Waals surface area contributed by atoms with Crippen molar-refractivity contribution in [1.82, 2.24) is 21.3 Å². The summed E-state index contributed by atoms with van der Waals surface area (Å²) in [7, 11) is 0. The van der Waals surface area contributed by atoms with E-state index in [-0.39, 0.29) is 31.2 Å². The van der Waals surface area contributed by atoms with E-state index in [9.17, 15) is 42.3 Å². The minimum absolute atomic E-state index is 0.0397. The molecule has 4 atom stereocenters. The van der Waals surface area contributed by atoms with E-state index < -0.39 is 72.1 Å². The maximum absolute atomic E-state index is 14.1. The summed E-state index contributed by atoms with van der Waals surface area (Å²) in [5.74, 6) is -4.08. The lowest BCUT2D eigenvalue weighted by molar-refractivity contribution is -0.142. The predicted molar refractivity (Wildman–Crippen MR) is 189 cm³/mol. The summed E-state index contributed by atoms with van der Waals surface area (Å²) in [5.41, 5.74) is 0.741. The molecule has 0 aliphatic carbocycles. The van der Waals surface area contributed by atoms with E-state index in [1.54, 1.807) is 53.9 Å². The van der Waals surface area contributed by atoms with Gasteiger partial charge in [-0.1, -0.05) is 60.7 Å². The summed E-state index contributed by atoms with van der Waals surface area (Å²) in [6, 6.07) is 17.7. The van der Waals surface area contributed by atoms with Gasteiger partial charge in [0.2, 0.25) is 17.7 Å². The zero-order valence-electron chi connectivity index (χ0n) is 28.2. The number of thiophene rings is 1. The highest BCUT2D eigenvalue weighted by atomic mass is 32.1. The molecule has 2 aliphatic heterocycles. The quantitative estimate of drug-likeness (QED) is 0.171. The van der Waals surface area contributed by atoms with Gasteiger partial charge in [-0.15, -0.1) is 11.3 Å². The Balaban J connectivity index is 1.49. The van der Waals surface area contributed by atoms with E-state index >= 15 is 0 Å². The lowest BCUT2D eigenvalue weighted by atomic mass is 10.00. The summed E-state index contributed by atoms with van der Waals surface area (Å²) in [6.45, 7) is -0.472. The third kappa shape index (κ3) is 11.4. The number of carbonyl (C=O) groups excluding carboxylic acids is 4. The molecule has 5 N–H and O–H groups in total. The number of aryl methyl sites for hydroxylation is 1. The highest BCUT2D eigenvalue weighted by Gasteiger charge is 2.33. The Bertz CT molecular complexity index is 1870. The molecule has 0 spiro atoms. The number of amides is 4. The molecule has 2 bridgehead atoms. The van der Waals surface area contributed by atoms with Crippen LogP contribution in [0.3, 0.4) is 0 Å². The van der Waals surface area contributed by atoms with Crippen molar-refractivity contribution in [1.29, 1.82) is 0 Å². The molecule has 1 unspecified atom stereocenters. The number of ether oxygens (including phenoxy) is 1. The van der Waals surface area contributed by atoms with Gasteiger partial charge in [0.05, 0.1) is 5.56 Å². The van der Waals surface area contributed by atoms with Gasteiger partial charge in [0.1, 0.15) is 29.9 Å². The molecule has 11 nitrogen and oxygen atoms in total. The monoisotopic (exact) mass is 750 g/mol. The predicted octanol–water partition coefficient (Wildman–Crippen LogP) is 3.84. The van der Waals surface area contributed by atoms with Crippen molar-refractivity contribution in [3.63, 3.8) is 0 Å². The second-order valence-corrected chi connectivity index (χ2v) is 13.5. The van der Waals surface area contributed by atoms with E-state index in [2.05, 4.69) is 21.3 Å². The van der Waals surface area contributed by atoms with E-state index in [1.165, 1.54) is 23.5 Å². The third-order valence-corrected chi connectivity index (χ3v) is 9.44. The average molecular weight is 751 g/mol. The number of carboxylic acids is 1. The SMILES string of the molecule is O=C1COc2ccc(cc2)C[C@@H](C(=O)O)NC(=O)[C@@H](CCc2ccccc2)NC(=O)[C@H](Cc2ccc(C(F)(F)F)cc2)NC(=O)C(Cc2cccs2)N1. The second kappa shape index (κ2) is 17.7. The lowest BCUT2D eigenvalue weighted by Crippen LogP contribution is -2.59. The molecule has 3 aromatic carbocycles. The van der Waals surface area contributed by atoms with Gasteiger partial charge in [0, 0.05) is 24.1 Å². The van der Waals surface area contributed by atoms with Gasteiger partial charge < -0.3 is 31.1 Å². The molecule has 3 heterocycles. The third-order valence-electron chi connectivity index (χ3n) is 8.54. The Morgan fingerprint density at radius 2 is 1.38 bits per heavy atom. The second-order valence-electron chi connectivity index (χ2n) is 12.5. The Labute approximate surface area is 306 Å². The molecular formula is C38H37F3N4O7S.